The van der Waals surface area contributed by atoms with Gasteiger partial charge in [0.25, 0.3) is 5.91 Å². The zero-order valence-electron chi connectivity index (χ0n) is 11.8. The Labute approximate surface area is 123 Å². The summed E-state index contributed by atoms with van der Waals surface area (Å²) in [7, 11) is 1.00. The molecular formula is C14H20N2O5. The van der Waals surface area contributed by atoms with Crippen LogP contribution in [-0.2, 0) is 9.53 Å². The smallest absolute Gasteiger partial charge is 0.293 e. The fraction of sp³-hybridized carbons (Fsp3) is 0.429. The second-order valence-corrected chi connectivity index (χ2v) is 4.23. The molecule has 1 aromatic rings. The zero-order valence-corrected chi connectivity index (χ0v) is 11.8. The molecule has 1 aliphatic rings. The third-order valence-electron chi connectivity index (χ3n) is 2.88. The van der Waals surface area contributed by atoms with Crippen molar-refractivity contribution in [1.82, 2.24) is 5.48 Å². The van der Waals surface area contributed by atoms with E-state index < -0.39 is 5.91 Å². The van der Waals surface area contributed by atoms with Crippen LogP contribution in [0.25, 0.3) is 0 Å². The number of carbonyl (C=O) groups excluding carboxylic acids is 1. The summed E-state index contributed by atoms with van der Waals surface area (Å²) in [5, 5.41) is 23.3. The van der Waals surface area contributed by atoms with Crippen LogP contribution in [0.5, 0.6) is 5.75 Å². The van der Waals surface area contributed by atoms with E-state index in [0.717, 1.165) is 26.4 Å². The van der Waals surface area contributed by atoms with Crippen molar-refractivity contribution in [3.63, 3.8) is 0 Å². The van der Waals surface area contributed by atoms with E-state index in [4.69, 9.17) is 25.2 Å². The molecule has 4 N–H and O–H groups in total. The highest BCUT2D eigenvalue weighted by Gasteiger charge is 2.20. The molecular weight excluding hydrogens is 276 g/mol. The highest BCUT2D eigenvalue weighted by atomic mass is 16.7. The molecule has 1 aromatic carbocycles. The van der Waals surface area contributed by atoms with Gasteiger partial charge in [-0.2, -0.15) is 0 Å². The number of hydroxylamine groups is 1. The molecule has 0 spiro atoms. The first-order chi connectivity index (χ1) is 10.2. The van der Waals surface area contributed by atoms with Gasteiger partial charge in [0.1, 0.15) is 11.5 Å². The Morgan fingerprint density at radius 3 is 2.71 bits per heavy atom. The minimum absolute atomic E-state index is 0.322. The average Bonchev–Trinajstić information content (AvgIpc) is 2.57. The lowest BCUT2D eigenvalue weighted by molar-refractivity contribution is -0.122. The molecule has 1 saturated heterocycles. The van der Waals surface area contributed by atoms with Gasteiger partial charge in [0.2, 0.25) is 0 Å². The second kappa shape index (κ2) is 9.06. The summed E-state index contributed by atoms with van der Waals surface area (Å²) in [4.78, 5) is 11.3. The van der Waals surface area contributed by atoms with Gasteiger partial charge < -0.3 is 14.6 Å². The van der Waals surface area contributed by atoms with Crippen LogP contribution >= 0.6 is 0 Å². The maximum Gasteiger partial charge on any atom is 0.293 e. The summed E-state index contributed by atoms with van der Waals surface area (Å²) in [5.41, 5.74) is 1.41. The molecule has 7 nitrogen and oxygen atoms in total. The molecule has 1 fully saturated rings. The predicted molar refractivity (Wildman–Crippen MR) is 75.6 cm³/mol. The molecule has 0 saturated carbocycles. The number of carbonyl (C=O) groups is 1. The van der Waals surface area contributed by atoms with Crippen molar-refractivity contribution in [2.45, 2.75) is 25.6 Å². The third kappa shape index (κ3) is 4.82. The summed E-state index contributed by atoms with van der Waals surface area (Å²) in [6, 6.07) is 6.72. The van der Waals surface area contributed by atoms with Crippen LogP contribution in [0.3, 0.4) is 0 Å². The molecule has 1 unspecified atom stereocenters. The number of benzene rings is 1. The number of amides is 1. The summed E-state index contributed by atoms with van der Waals surface area (Å²) in [5.74, 6) is -0.469. The third-order valence-corrected chi connectivity index (χ3v) is 2.88. The quantitative estimate of drug-likeness (QED) is 0.377. The maximum absolute atomic E-state index is 11.3. The van der Waals surface area contributed by atoms with Crippen LogP contribution in [0.2, 0.25) is 0 Å². The van der Waals surface area contributed by atoms with Gasteiger partial charge in [-0.25, -0.2) is 5.48 Å². The van der Waals surface area contributed by atoms with Gasteiger partial charge in [0.05, 0.1) is 6.61 Å². The summed E-state index contributed by atoms with van der Waals surface area (Å²) < 4.78 is 11.1. The van der Waals surface area contributed by atoms with Gasteiger partial charge in [0.15, 0.2) is 6.29 Å². The van der Waals surface area contributed by atoms with Crippen LogP contribution in [0.15, 0.2) is 24.3 Å². The van der Waals surface area contributed by atoms with Crippen molar-refractivity contribution < 1.29 is 24.6 Å². The minimum atomic E-state index is -0.874. The Bertz CT molecular complexity index is 472. The summed E-state index contributed by atoms with van der Waals surface area (Å²) in [6.45, 7) is 0.654. The van der Waals surface area contributed by atoms with Crippen molar-refractivity contribution in [2.75, 3.05) is 13.7 Å². The van der Waals surface area contributed by atoms with Crippen molar-refractivity contribution in [3.05, 3.63) is 29.8 Å². The molecule has 0 aromatic heterocycles. The monoisotopic (exact) mass is 296 g/mol. The average molecular weight is 296 g/mol. The number of rotatable bonds is 4. The van der Waals surface area contributed by atoms with Crippen molar-refractivity contribution in [1.29, 1.82) is 5.41 Å². The summed E-state index contributed by atoms with van der Waals surface area (Å²) >= 11 is 0. The van der Waals surface area contributed by atoms with E-state index >= 15 is 0 Å². The fourth-order valence-corrected chi connectivity index (χ4v) is 1.90. The minimum Gasteiger partial charge on any atom is -0.464 e. The number of hydrogen-bond donors (Lipinski definition) is 4. The molecule has 21 heavy (non-hydrogen) atoms. The fourth-order valence-electron chi connectivity index (χ4n) is 1.90. The number of para-hydroxylation sites is 1. The number of hydrogen-bond acceptors (Lipinski definition) is 6. The Kier molecular flexibility index (Phi) is 7.38. The number of aliphatic hydroxyl groups is 1. The Balaban J connectivity index is 0.00000106. The lowest BCUT2D eigenvalue weighted by atomic mass is 10.1. The van der Waals surface area contributed by atoms with Gasteiger partial charge in [-0.1, -0.05) is 12.1 Å². The largest absolute Gasteiger partial charge is 0.464 e. The van der Waals surface area contributed by atoms with Crippen molar-refractivity contribution in [2.24, 2.45) is 0 Å². The number of nitrogens with one attached hydrogen (secondary N) is 2. The molecule has 1 heterocycles. The first-order valence-corrected chi connectivity index (χ1v) is 6.57. The molecule has 0 radical (unpaired) electrons. The molecule has 2 rings (SSSR count). The Morgan fingerprint density at radius 1 is 1.38 bits per heavy atom. The Morgan fingerprint density at radius 2 is 2.10 bits per heavy atom. The van der Waals surface area contributed by atoms with Gasteiger partial charge in [-0.15, -0.1) is 0 Å². The van der Waals surface area contributed by atoms with Gasteiger partial charge in [-0.05, 0) is 25.0 Å². The normalized spacial score (nSPS) is 17.2. The molecule has 1 atom stereocenters. The number of aliphatic hydroxyl groups excluding tert-OH is 1. The molecule has 0 aliphatic carbocycles. The second-order valence-electron chi connectivity index (χ2n) is 4.23. The van der Waals surface area contributed by atoms with Crippen LogP contribution in [0, 0.1) is 5.41 Å². The van der Waals surface area contributed by atoms with Crippen LogP contribution in [0.4, 0.5) is 0 Å². The zero-order chi connectivity index (χ0) is 15.7. The standard InChI is InChI=1S/C13H16N2O4.CH4O/c14-12(13(16)15-17)9-5-1-2-6-10(9)19-11-7-3-4-8-18-11;1-2/h1-2,5-6,11,14,17H,3-4,7-8H2,(H,15,16);2H,1H3. The predicted octanol–water partition coefficient (Wildman–Crippen LogP) is 1.07. The SMILES string of the molecule is CO.N=C(C(=O)NO)c1ccccc1OC1CCCCO1. The van der Waals surface area contributed by atoms with E-state index in [2.05, 4.69) is 0 Å². The first kappa shape index (κ1) is 17.1. The van der Waals surface area contributed by atoms with Gasteiger partial charge >= 0.3 is 0 Å². The van der Waals surface area contributed by atoms with E-state index in [1.54, 1.807) is 24.3 Å². The van der Waals surface area contributed by atoms with Crippen molar-refractivity contribution in [3.8, 4) is 5.75 Å². The molecule has 116 valence electrons. The first-order valence-electron chi connectivity index (χ1n) is 6.57. The van der Waals surface area contributed by atoms with E-state index in [9.17, 15) is 4.79 Å². The highest BCUT2D eigenvalue weighted by Crippen LogP contribution is 2.23. The highest BCUT2D eigenvalue weighted by molar-refractivity contribution is 6.44. The summed E-state index contributed by atoms with van der Waals surface area (Å²) in [6.07, 6.45) is 2.49. The maximum atomic E-state index is 11.3. The van der Waals surface area contributed by atoms with Crippen LogP contribution in [-0.4, -0.2) is 41.9 Å². The lowest BCUT2D eigenvalue weighted by Gasteiger charge is -2.24. The molecule has 7 heteroatoms. The molecule has 0 bridgehead atoms. The lowest BCUT2D eigenvalue weighted by Crippen LogP contribution is -2.30. The van der Waals surface area contributed by atoms with Gasteiger partial charge in [0, 0.05) is 19.1 Å². The van der Waals surface area contributed by atoms with E-state index in [0.29, 0.717) is 17.9 Å². The topological polar surface area (TPSA) is 112 Å². The van der Waals surface area contributed by atoms with Crippen molar-refractivity contribution >= 4 is 11.6 Å². The molecule has 1 aliphatic heterocycles. The van der Waals surface area contributed by atoms with Crippen LogP contribution < -0.4 is 10.2 Å². The van der Waals surface area contributed by atoms with Gasteiger partial charge in [-0.3, -0.25) is 15.4 Å². The van der Waals surface area contributed by atoms with E-state index in [-0.39, 0.29) is 12.0 Å². The molecule has 1 amide bonds. The van der Waals surface area contributed by atoms with E-state index in [1.807, 2.05) is 0 Å². The number of ether oxygens (including phenoxy) is 2. The Hall–Kier alpha value is -1.96. The van der Waals surface area contributed by atoms with Crippen LogP contribution in [0.1, 0.15) is 24.8 Å². The van der Waals surface area contributed by atoms with E-state index in [1.165, 1.54) is 5.48 Å².